The van der Waals surface area contributed by atoms with Gasteiger partial charge in [0.15, 0.2) is 5.96 Å². The van der Waals surface area contributed by atoms with Crippen LogP contribution in [0.1, 0.15) is 58.9 Å². The lowest BCUT2D eigenvalue weighted by Crippen LogP contribution is -2.55. The number of nitrogens with one attached hydrogen (secondary N) is 2. The summed E-state index contributed by atoms with van der Waals surface area (Å²) in [5.41, 5.74) is -0.180. The molecule has 2 aliphatic heterocycles. The van der Waals surface area contributed by atoms with Gasteiger partial charge in [-0.25, -0.2) is 13.6 Å². The van der Waals surface area contributed by atoms with Crippen LogP contribution in [0.15, 0.2) is 23.2 Å². The zero-order valence-electron chi connectivity index (χ0n) is 19.3. The molecule has 2 bridgehead atoms. The molecule has 180 valence electrons. The number of hydrogen-bond donors (Lipinski definition) is 2. The third-order valence-corrected chi connectivity index (χ3v) is 5.68. The van der Waals surface area contributed by atoms with Gasteiger partial charge in [0.05, 0.1) is 0 Å². The van der Waals surface area contributed by atoms with Gasteiger partial charge in [-0.15, -0.1) is 24.0 Å². The maximum atomic E-state index is 13.8. The number of amides is 1. The Balaban J connectivity index is 0.00000363. The van der Waals surface area contributed by atoms with E-state index in [0.29, 0.717) is 31.0 Å². The second-order valence-corrected chi connectivity index (χ2v) is 9.33. The standard InChI is InChI=1S/C23H34F2N4O2.HI/c1-5-26-21(27-11-10-15-12-16(24)6-9-20(15)25)28-17-13-18-7-8-19(14-17)29(18)22(30)31-23(2,3)4;/h6,9,12,17-19H,5,7-8,10-11,13-14H2,1-4H3,(H2,26,27,28);1H. The first-order chi connectivity index (χ1) is 14.7. The van der Waals surface area contributed by atoms with Gasteiger partial charge >= 0.3 is 6.09 Å². The summed E-state index contributed by atoms with van der Waals surface area (Å²) in [6.07, 6.45) is 3.72. The Morgan fingerprint density at radius 1 is 1.22 bits per heavy atom. The number of aliphatic imine (C=N–C) groups is 1. The number of fused-ring (bicyclic) bond motifs is 2. The smallest absolute Gasteiger partial charge is 0.410 e. The van der Waals surface area contributed by atoms with E-state index in [-0.39, 0.29) is 48.2 Å². The highest BCUT2D eigenvalue weighted by molar-refractivity contribution is 14.0. The molecule has 0 aliphatic carbocycles. The molecule has 1 aromatic carbocycles. The van der Waals surface area contributed by atoms with E-state index in [1.165, 1.54) is 6.07 Å². The highest BCUT2D eigenvalue weighted by atomic mass is 127. The van der Waals surface area contributed by atoms with Crippen LogP contribution in [-0.4, -0.2) is 53.8 Å². The molecule has 0 radical (unpaired) electrons. The molecular formula is C23H35F2IN4O2. The third-order valence-electron chi connectivity index (χ3n) is 5.68. The summed E-state index contributed by atoms with van der Waals surface area (Å²) in [6.45, 7) is 8.68. The topological polar surface area (TPSA) is 66.0 Å². The van der Waals surface area contributed by atoms with E-state index in [0.717, 1.165) is 37.8 Å². The number of ether oxygens (including phenoxy) is 1. The maximum Gasteiger partial charge on any atom is 0.410 e. The second kappa shape index (κ2) is 11.5. The van der Waals surface area contributed by atoms with E-state index >= 15 is 0 Å². The van der Waals surface area contributed by atoms with E-state index in [1.54, 1.807) is 0 Å². The normalized spacial score (nSPS) is 22.9. The van der Waals surface area contributed by atoms with Gasteiger partial charge in [-0.05, 0) is 83.6 Å². The molecule has 9 heteroatoms. The van der Waals surface area contributed by atoms with Crippen molar-refractivity contribution in [1.82, 2.24) is 15.5 Å². The molecule has 2 saturated heterocycles. The van der Waals surface area contributed by atoms with Crippen LogP contribution >= 0.6 is 24.0 Å². The number of carbonyl (C=O) groups is 1. The molecule has 2 unspecified atom stereocenters. The highest BCUT2D eigenvalue weighted by Gasteiger charge is 2.45. The molecule has 3 rings (SSSR count). The van der Waals surface area contributed by atoms with Crippen LogP contribution in [0.2, 0.25) is 0 Å². The number of piperidine rings is 1. The minimum atomic E-state index is -0.502. The lowest BCUT2D eigenvalue weighted by molar-refractivity contribution is 0.00545. The van der Waals surface area contributed by atoms with Crippen LogP contribution in [0, 0.1) is 11.6 Å². The van der Waals surface area contributed by atoms with Gasteiger partial charge in [-0.2, -0.15) is 0 Å². The van der Waals surface area contributed by atoms with Crippen molar-refractivity contribution in [1.29, 1.82) is 0 Å². The lowest BCUT2D eigenvalue weighted by atomic mass is 9.98. The van der Waals surface area contributed by atoms with Gasteiger partial charge < -0.3 is 20.3 Å². The zero-order chi connectivity index (χ0) is 22.6. The Bertz CT molecular complexity index is 802. The van der Waals surface area contributed by atoms with Crippen molar-refractivity contribution >= 4 is 36.0 Å². The van der Waals surface area contributed by atoms with Gasteiger partial charge in [-0.1, -0.05) is 0 Å². The third kappa shape index (κ3) is 7.18. The van der Waals surface area contributed by atoms with Crippen LogP contribution in [0.4, 0.5) is 13.6 Å². The lowest BCUT2D eigenvalue weighted by Gasteiger charge is -2.40. The van der Waals surface area contributed by atoms with Crippen molar-refractivity contribution in [3.05, 3.63) is 35.4 Å². The molecule has 6 nitrogen and oxygen atoms in total. The Morgan fingerprint density at radius 2 is 1.88 bits per heavy atom. The molecule has 1 aromatic rings. The largest absolute Gasteiger partial charge is 0.444 e. The van der Waals surface area contributed by atoms with E-state index < -0.39 is 17.2 Å². The summed E-state index contributed by atoms with van der Waals surface area (Å²) in [6, 6.07) is 4.00. The van der Waals surface area contributed by atoms with E-state index in [4.69, 9.17) is 4.74 Å². The number of nitrogens with zero attached hydrogens (tertiary/aromatic N) is 2. The van der Waals surface area contributed by atoms with Gasteiger partial charge in [0.2, 0.25) is 0 Å². The molecule has 0 aromatic heterocycles. The summed E-state index contributed by atoms with van der Waals surface area (Å²) < 4.78 is 32.8. The van der Waals surface area contributed by atoms with Crippen LogP contribution in [0.25, 0.3) is 0 Å². The summed E-state index contributed by atoms with van der Waals surface area (Å²) in [7, 11) is 0. The van der Waals surface area contributed by atoms with Crippen molar-refractivity contribution in [2.45, 2.75) is 83.5 Å². The molecule has 2 N–H and O–H groups in total. The van der Waals surface area contributed by atoms with Gasteiger partial charge in [-0.3, -0.25) is 4.99 Å². The number of hydrogen-bond acceptors (Lipinski definition) is 3. The SMILES string of the molecule is CCNC(=NCCc1cc(F)ccc1F)NC1CC2CCC(C1)N2C(=O)OC(C)(C)C.I. The fourth-order valence-electron chi connectivity index (χ4n) is 4.44. The minimum absolute atomic E-state index is 0. The summed E-state index contributed by atoms with van der Waals surface area (Å²) in [4.78, 5) is 19.1. The Labute approximate surface area is 206 Å². The fraction of sp³-hybridized carbons (Fsp3) is 0.652. The van der Waals surface area contributed by atoms with Crippen molar-refractivity contribution in [3.63, 3.8) is 0 Å². The molecular weight excluding hydrogens is 529 g/mol. The van der Waals surface area contributed by atoms with E-state index in [9.17, 15) is 13.6 Å². The van der Waals surface area contributed by atoms with Crippen molar-refractivity contribution in [3.8, 4) is 0 Å². The first-order valence-corrected chi connectivity index (χ1v) is 11.2. The number of carbonyl (C=O) groups excluding carboxylic acids is 1. The van der Waals surface area contributed by atoms with Gasteiger partial charge in [0, 0.05) is 31.2 Å². The van der Waals surface area contributed by atoms with Crippen molar-refractivity contribution < 1.29 is 18.3 Å². The Hall–Kier alpha value is -1.65. The van der Waals surface area contributed by atoms with Gasteiger partial charge in [0.1, 0.15) is 17.2 Å². The first kappa shape index (κ1) is 26.6. The summed E-state index contributed by atoms with van der Waals surface area (Å²) in [5.74, 6) is -0.201. The quantitative estimate of drug-likeness (QED) is 0.312. The van der Waals surface area contributed by atoms with E-state index in [2.05, 4.69) is 15.6 Å². The Kier molecular flexibility index (Phi) is 9.53. The molecule has 0 spiro atoms. The number of benzene rings is 1. The number of guanidine groups is 1. The summed E-state index contributed by atoms with van der Waals surface area (Å²) in [5, 5.41) is 6.69. The second-order valence-electron chi connectivity index (χ2n) is 9.33. The van der Waals surface area contributed by atoms with Gasteiger partial charge in [0.25, 0.3) is 0 Å². The predicted octanol–water partition coefficient (Wildman–Crippen LogP) is 4.61. The molecule has 2 atom stereocenters. The molecule has 2 fully saturated rings. The van der Waals surface area contributed by atoms with Crippen LogP contribution in [0.5, 0.6) is 0 Å². The molecule has 2 heterocycles. The van der Waals surface area contributed by atoms with Crippen molar-refractivity contribution in [2.75, 3.05) is 13.1 Å². The maximum absolute atomic E-state index is 13.8. The average molecular weight is 564 g/mol. The zero-order valence-corrected chi connectivity index (χ0v) is 21.6. The molecule has 32 heavy (non-hydrogen) atoms. The first-order valence-electron chi connectivity index (χ1n) is 11.2. The molecule has 0 saturated carbocycles. The van der Waals surface area contributed by atoms with Crippen LogP contribution in [-0.2, 0) is 11.2 Å². The molecule has 2 aliphatic rings. The van der Waals surface area contributed by atoms with Crippen LogP contribution in [0.3, 0.4) is 0 Å². The number of halogens is 3. The predicted molar refractivity (Wildman–Crippen MR) is 132 cm³/mol. The Morgan fingerprint density at radius 3 is 2.47 bits per heavy atom. The van der Waals surface area contributed by atoms with Crippen molar-refractivity contribution in [2.24, 2.45) is 4.99 Å². The highest BCUT2D eigenvalue weighted by Crippen LogP contribution is 2.36. The minimum Gasteiger partial charge on any atom is -0.444 e. The van der Waals surface area contributed by atoms with E-state index in [1.807, 2.05) is 32.6 Å². The summed E-state index contributed by atoms with van der Waals surface area (Å²) >= 11 is 0. The molecule has 1 amide bonds. The monoisotopic (exact) mass is 564 g/mol. The fourth-order valence-corrected chi connectivity index (χ4v) is 4.44. The number of rotatable bonds is 5. The average Bonchev–Trinajstić information content (AvgIpc) is 2.94. The van der Waals surface area contributed by atoms with Crippen LogP contribution < -0.4 is 10.6 Å².